The lowest BCUT2D eigenvalue weighted by atomic mass is 10.0. The first-order valence-electron chi connectivity index (χ1n) is 14.9. The van der Waals surface area contributed by atoms with Gasteiger partial charge in [-0.15, -0.1) is 0 Å². The van der Waals surface area contributed by atoms with E-state index in [9.17, 15) is 4.57 Å². The van der Waals surface area contributed by atoms with Crippen LogP contribution in [0.25, 0.3) is 0 Å². The SMILES string of the molecule is CCCCCCCCCCCCCCCCCCCCCCCC[PH](=O)OCC[N+](C)(C)C. The van der Waals surface area contributed by atoms with Crippen molar-refractivity contribution >= 4 is 8.03 Å². The van der Waals surface area contributed by atoms with Crippen molar-refractivity contribution in [2.24, 2.45) is 0 Å². The van der Waals surface area contributed by atoms with E-state index in [1.165, 1.54) is 135 Å². The van der Waals surface area contributed by atoms with E-state index in [-0.39, 0.29) is 0 Å². The van der Waals surface area contributed by atoms with Crippen LogP contribution in [0.4, 0.5) is 0 Å². The molecule has 0 aliphatic heterocycles. The van der Waals surface area contributed by atoms with Crippen LogP contribution in [-0.2, 0) is 9.09 Å². The van der Waals surface area contributed by atoms with Gasteiger partial charge in [-0.1, -0.05) is 142 Å². The van der Waals surface area contributed by atoms with Crippen LogP contribution >= 0.6 is 8.03 Å². The molecule has 0 rings (SSSR count). The Morgan fingerprint density at radius 1 is 0.515 bits per heavy atom. The lowest BCUT2D eigenvalue weighted by molar-refractivity contribution is -0.870. The van der Waals surface area contributed by atoms with Gasteiger partial charge < -0.3 is 9.01 Å². The lowest BCUT2D eigenvalue weighted by Crippen LogP contribution is -2.37. The molecular formula is C29H63NO2P+. The Morgan fingerprint density at radius 2 is 0.818 bits per heavy atom. The quantitative estimate of drug-likeness (QED) is 0.0653. The number of hydrogen-bond donors (Lipinski definition) is 0. The second-order valence-corrected chi connectivity index (χ2v) is 12.9. The molecule has 200 valence electrons. The third-order valence-electron chi connectivity index (χ3n) is 6.76. The van der Waals surface area contributed by atoms with Crippen molar-refractivity contribution < 1.29 is 13.6 Å². The maximum absolute atomic E-state index is 11.9. The van der Waals surface area contributed by atoms with Gasteiger partial charge in [0.25, 0.3) is 0 Å². The van der Waals surface area contributed by atoms with Gasteiger partial charge in [-0.05, 0) is 6.42 Å². The normalized spacial score (nSPS) is 13.0. The Morgan fingerprint density at radius 3 is 1.12 bits per heavy atom. The summed E-state index contributed by atoms with van der Waals surface area (Å²) >= 11 is 0. The molecule has 0 aliphatic rings. The fourth-order valence-electron chi connectivity index (χ4n) is 4.38. The number of unbranched alkanes of at least 4 members (excludes halogenated alkanes) is 21. The summed E-state index contributed by atoms with van der Waals surface area (Å²) < 4.78 is 18.3. The van der Waals surface area contributed by atoms with E-state index in [0.29, 0.717) is 6.61 Å². The molecule has 0 aliphatic carbocycles. The predicted molar refractivity (Wildman–Crippen MR) is 150 cm³/mol. The molecule has 0 aromatic heterocycles. The monoisotopic (exact) mass is 488 g/mol. The minimum Gasteiger partial charge on any atom is -0.329 e. The highest BCUT2D eigenvalue weighted by molar-refractivity contribution is 7.39. The Balaban J connectivity index is 3.12. The topological polar surface area (TPSA) is 26.3 Å². The molecule has 0 saturated heterocycles. The van der Waals surface area contributed by atoms with E-state index in [2.05, 4.69) is 28.1 Å². The van der Waals surface area contributed by atoms with Crippen LogP contribution in [0, 0.1) is 0 Å². The van der Waals surface area contributed by atoms with Crippen LogP contribution < -0.4 is 0 Å². The Kier molecular flexibility index (Phi) is 25.4. The van der Waals surface area contributed by atoms with E-state index in [1.54, 1.807) is 0 Å². The largest absolute Gasteiger partial charge is 0.329 e. The minimum absolute atomic E-state index is 0.626. The molecule has 33 heavy (non-hydrogen) atoms. The van der Waals surface area contributed by atoms with Crippen molar-refractivity contribution in [3.63, 3.8) is 0 Å². The van der Waals surface area contributed by atoms with Crippen LogP contribution in [0.2, 0.25) is 0 Å². The zero-order valence-electron chi connectivity index (χ0n) is 23.4. The molecule has 0 N–H and O–H groups in total. The molecule has 0 heterocycles. The van der Waals surface area contributed by atoms with Crippen molar-refractivity contribution in [2.45, 2.75) is 148 Å². The van der Waals surface area contributed by atoms with Crippen molar-refractivity contribution in [3.8, 4) is 0 Å². The molecule has 1 unspecified atom stereocenters. The van der Waals surface area contributed by atoms with E-state index >= 15 is 0 Å². The van der Waals surface area contributed by atoms with E-state index in [4.69, 9.17) is 4.52 Å². The second kappa shape index (κ2) is 25.2. The van der Waals surface area contributed by atoms with Crippen molar-refractivity contribution in [1.82, 2.24) is 0 Å². The predicted octanol–water partition coefficient (Wildman–Crippen LogP) is 9.79. The average Bonchev–Trinajstić information content (AvgIpc) is 2.76. The molecule has 0 fully saturated rings. The number of rotatable bonds is 27. The van der Waals surface area contributed by atoms with Gasteiger partial charge in [-0.3, -0.25) is 4.57 Å². The smallest absolute Gasteiger partial charge is 0.191 e. The van der Waals surface area contributed by atoms with Gasteiger partial charge in [0.1, 0.15) is 13.2 Å². The summed E-state index contributed by atoms with van der Waals surface area (Å²) in [5.74, 6) is 0. The molecule has 0 saturated carbocycles. The molecule has 0 radical (unpaired) electrons. The summed E-state index contributed by atoms with van der Waals surface area (Å²) in [7, 11) is 4.62. The summed E-state index contributed by atoms with van der Waals surface area (Å²) in [6.45, 7) is 3.85. The minimum atomic E-state index is -1.80. The average molecular weight is 489 g/mol. The highest BCUT2D eigenvalue weighted by Gasteiger charge is 2.08. The van der Waals surface area contributed by atoms with Crippen LogP contribution in [-0.4, -0.2) is 44.9 Å². The number of hydrogen-bond acceptors (Lipinski definition) is 2. The molecule has 0 amide bonds. The highest BCUT2D eigenvalue weighted by atomic mass is 31.1. The van der Waals surface area contributed by atoms with Gasteiger partial charge in [-0.25, -0.2) is 0 Å². The third kappa shape index (κ3) is 30.1. The number of nitrogens with zero attached hydrogens (tertiary/aromatic N) is 1. The molecule has 0 aromatic carbocycles. The molecule has 0 spiro atoms. The van der Waals surface area contributed by atoms with Crippen LogP contribution in [0.5, 0.6) is 0 Å². The molecule has 1 atom stereocenters. The van der Waals surface area contributed by atoms with Crippen LogP contribution in [0.3, 0.4) is 0 Å². The van der Waals surface area contributed by atoms with E-state index in [1.807, 2.05) is 0 Å². The standard InChI is InChI=1S/C29H63NO2P/c1-5-6-7-8-9-10-11-12-13-14-15-16-17-18-19-20-21-22-23-24-25-26-29-33(31)32-28-27-30(2,3)4/h33H,5-29H2,1-4H3/q+1. The molecule has 0 bridgehead atoms. The summed E-state index contributed by atoms with van der Waals surface area (Å²) in [5, 5.41) is 0. The van der Waals surface area contributed by atoms with E-state index in [0.717, 1.165) is 23.6 Å². The summed E-state index contributed by atoms with van der Waals surface area (Å²) in [6, 6.07) is 0. The molecule has 3 nitrogen and oxygen atoms in total. The van der Waals surface area contributed by atoms with Gasteiger partial charge >= 0.3 is 0 Å². The Bertz CT molecular complexity index is 409. The maximum Gasteiger partial charge on any atom is 0.191 e. The first-order chi connectivity index (χ1) is 16.0. The third-order valence-corrected chi connectivity index (χ3v) is 8.05. The molecule has 0 aromatic rings. The van der Waals surface area contributed by atoms with Crippen molar-refractivity contribution in [3.05, 3.63) is 0 Å². The van der Waals surface area contributed by atoms with Gasteiger partial charge in [0.15, 0.2) is 8.03 Å². The Hall–Kier alpha value is 0.150. The zero-order valence-corrected chi connectivity index (χ0v) is 24.4. The summed E-state index contributed by atoms with van der Waals surface area (Å²) in [5.41, 5.74) is 0. The van der Waals surface area contributed by atoms with Crippen molar-refractivity contribution in [2.75, 3.05) is 40.5 Å². The highest BCUT2D eigenvalue weighted by Crippen LogP contribution is 2.24. The number of quaternary nitrogens is 1. The fourth-order valence-corrected chi connectivity index (χ4v) is 5.39. The molecule has 4 heteroatoms. The lowest BCUT2D eigenvalue weighted by Gasteiger charge is -2.23. The van der Waals surface area contributed by atoms with Gasteiger partial charge in [0, 0.05) is 6.16 Å². The van der Waals surface area contributed by atoms with Crippen LogP contribution in [0.1, 0.15) is 148 Å². The van der Waals surface area contributed by atoms with Gasteiger partial charge in [-0.2, -0.15) is 0 Å². The van der Waals surface area contributed by atoms with E-state index < -0.39 is 8.03 Å². The van der Waals surface area contributed by atoms with Crippen LogP contribution in [0.15, 0.2) is 0 Å². The zero-order chi connectivity index (χ0) is 24.5. The molecular weight excluding hydrogens is 425 g/mol. The maximum atomic E-state index is 11.9. The summed E-state index contributed by atoms with van der Waals surface area (Å²) in [6.07, 6.45) is 31.7. The summed E-state index contributed by atoms with van der Waals surface area (Å²) in [4.78, 5) is 0. The first kappa shape index (κ1) is 33.1. The van der Waals surface area contributed by atoms with Gasteiger partial charge in [0.05, 0.1) is 21.1 Å². The number of likely N-dealkylation sites (N-methyl/N-ethyl adjacent to an activating group) is 1. The Labute approximate surface area is 210 Å². The fraction of sp³-hybridized carbons (Fsp3) is 1.00. The van der Waals surface area contributed by atoms with Gasteiger partial charge in [0.2, 0.25) is 0 Å². The first-order valence-corrected chi connectivity index (χ1v) is 16.4. The second-order valence-electron chi connectivity index (χ2n) is 11.4. The van der Waals surface area contributed by atoms with Crippen molar-refractivity contribution in [1.29, 1.82) is 0 Å².